The van der Waals surface area contributed by atoms with E-state index in [-0.39, 0.29) is 37.7 Å². The second kappa shape index (κ2) is 7.50. The van der Waals surface area contributed by atoms with Crippen molar-refractivity contribution in [1.29, 1.82) is 0 Å². The summed E-state index contributed by atoms with van der Waals surface area (Å²) in [6.45, 7) is 0. The Kier molecular flexibility index (Phi) is 6.74. The fourth-order valence-corrected chi connectivity index (χ4v) is 0.806. The Labute approximate surface area is 130 Å². The van der Waals surface area contributed by atoms with E-state index in [9.17, 15) is 28.8 Å². The molecule has 98 valence electrons. The Morgan fingerprint density at radius 1 is 0.368 bits per heavy atom. The van der Waals surface area contributed by atoms with E-state index in [1.165, 1.54) is 0 Å². The van der Waals surface area contributed by atoms with Crippen molar-refractivity contribution >= 4 is 37.7 Å². The molecule has 0 unspecified atom stereocenters. The van der Waals surface area contributed by atoms with Crippen molar-refractivity contribution in [3.63, 3.8) is 0 Å². The Morgan fingerprint density at radius 2 is 0.474 bits per heavy atom. The zero-order valence-corrected chi connectivity index (χ0v) is 11.4. The zero-order valence-electron chi connectivity index (χ0n) is 9.16. The fourth-order valence-electron chi connectivity index (χ4n) is 0.806. The Balaban J connectivity index is 0.000000324. The summed E-state index contributed by atoms with van der Waals surface area (Å²) >= 11 is 0. The molecule has 2 aromatic rings. The standard InChI is InChI=1S/2C3H3N3O3.Ca/c2*7-1-4-2(8)6-3(9)5-1;/h2*(H3,4,5,6,7,8,9);. The monoisotopic (exact) mass is 298 g/mol. The van der Waals surface area contributed by atoms with Gasteiger partial charge in [-0.2, -0.15) is 0 Å². The molecular formula is C6H6CaN6O6. The van der Waals surface area contributed by atoms with Crippen LogP contribution in [0.3, 0.4) is 0 Å². The van der Waals surface area contributed by atoms with E-state index < -0.39 is 34.1 Å². The normalized spacial score (nSPS) is 8.84. The molecule has 13 heteroatoms. The largest absolute Gasteiger partial charge is 0.330 e. The maximum absolute atomic E-state index is 10.2. The van der Waals surface area contributed by atoms with Crippen LogP contribution in [0.15, 0.2) is 28.8 Å². The Bertz CT molecular complexity index is 633. The van der Waals surface area contributed by atoms with E-state index in [1.54, 1.807) is 29.9 Å². The fraction of sp³-hybridized carbons (Fsp3) is 0. The SMILES string of the molecule is O=c1[nH]c(=O)[nH]c(=O)[nH]1.O=c1[nH]c(=O)[nH]c(=O)[nH]1.[Ca]. The van der Waals surface area contributed by atoms with Crippen LogP contribution in [0.1, 0.15) is 0 Å². The van der Waals surface area contributed by atoms with E-state index in [2.05, 4.69) is 0 Å². The van der Waals surface area contributed by atoms with Gasteiger partial charge in [0.05, 0.1) is 0 Å². The summed E-state index contributed by atoms with van der Waals surface area (Å²) in [6, 6.07) is 0. The van der Waals surface area contributed by atoms with Crippen LogP contribution in [0.25, 0.3) is 0 Å². The van der Waals surface area contributed by atoms with Crippen molar-refractivity contribution in [3.8, 4) is 0 Å². The molecule has 0 bridgehead atoms. The molecule has 6 N–H and O–H groups in total. The number of H-pyrrole nitrogens is 6. The first-order chi connectivity index (χ1) is 8.36. The summed E-state index contributed by atoms with van der Waals surface area (Å²) in [5.74, 6) is 0. The van der Waals surface area contributed by atoms with Crippen molar-refractivity contribution in [2.24, 2.45) is 0 Å². The minimum absolute atomic E-state index is 0. The van der Waals surface area contributed by atoms with E-state index in [0.717, 1.165) is 0 Å². The third-order valence-electron chi connectivity index (χ3n) is 1.36. The molecule has 19 heavy (non-hydrogen) atoms. The minimum atomic E-state index is -0.802. The Morgan fingerprint density at radius 3 is 0.579 bits per heavy atom. The summed E-state index contributed by atoms with van der Waals surface area (Å²) in [7, 11) is 0. The molecule has 12 nitrogen and oxygen atoms in total. The number of hydrogen-bond acceptors (Lipinski definition) is 6. The summed E-state index contributed by atoms with van der Waals surface area (Å²) in [5.41, 5.74) is -4.81. The molecule has 0 aromatic carbocycles. The maximum atomic E-state index is 10.2. The Hall–Kier alpha value is -1.92. The van der Waals surface area contributed by atoms with Gasteiger partial charge >= 0.3 is 34.1 Å². The second-order valence-electron chi connectivity index (χ2n) is 2.72. The van der Waals surface area contributed by atoms with Gasteiger partial charge in [-0.25, -0.2) is 28.8 Å². The molecule has 0 saturated carbocycles. The van der Waals surface area contributed by atoms with Gasteiger partial charge in [0, 0.05) is 37.7 Å². The van der Waals surface area contributed by atoms with Gasteiger partial charge in [-0.05, 0) is 0 Å². The first kappa shape index (κ1) is 17.1. The van der Waals surface area contributed by atoms with Crippen LogP contribution >= 0.6 is 0 Å². The number of aromatic nitrogens is 6. The first-order valence-electron chi connectivity index (χ1n) is 4.22. The summed E-state index contributed by atoms with van der Waals surface area (Å²) < 4.78 is 0. The molecule has 0 saturated heterocycles. The first-order valence-corrected chi connectivity index (χ1v) is 4.22. The van der Waals surface area contributed by atoms with E-state index in [0.29, 0.717) is 0 Å². The van der Waals surface area contributed by atoms with Crippen LogP contribution in [0.4, 0.5) is 0 Å². The van der Waals surface area contributed by atoms with Crippen LogP contribution in [-0.2, 0) is 0 Å². The molecule has 2 aromatic heterocycles. The van der Waals surface area contributed by atoms with Crippen molar-refractivity contribution in [2.75, 3.05) is 0 Å². The molecule has 2 radical (unpaired) electrons. The van der Waals surface area contributed by atoms with Gasteiger partial charge < -0.3 is 0 Å². The zero-order chi connectivity index (χ0) is 13.7. The van der Waals surface area contributed by atoms with Crippen LogP contribution in [-0.4, -0.2) is 67.6 Å². The maximum Gasteiger partial charge on any atom is 0.330 e. The summed E-state index contributed by atoms with van der Waals surface area (Å²) in [4.78, 5) is 71.8. The predicted molar refractivity (Wildman–Crippen MR) is 62.4 cm³/mol. The van der Waals surface area contributed by atoms with Gasteiger partial charge in [-0.15, -0.1) is 0 Å². The van der Waals surface area contributed by atoms with Crippen LogP contribution in [0.2, 0.25) is 0 Å². The molecular weight excluding hydrogens is 292 g/mol. The van der Waals surface area contributed by atoms with E-state index in [4.69, 9.17) is 0 Å². The average Bonchev–Trinajstić information content (AvgIpc) is 2.12. The third kappa shape index (κ3) is 6.54. The molecule has 2 rings (SSSR count). The molecule has 0 aliphatic rings. The third-order valence-corrected chi connectivity index (χ3v) is 1.36. The van der Waals surface area contributed by atoms with Crippen molar-refractivity contribution in [2.45, 2.75) is 0 Å². The number of rotatable bonds is 0. The topological polar surface area (TPSA) is 197 Å². The average molecular weight is 298 g/mol. The number of nitrogens with one attached hydrogen (secondary N) is 6. The number of aromatic amines is 6. The molecule has 0 spiro atoms. The van der Waals surface area contributed by atoms with Gasteiger partial charge in [0.15, 0.2) is 0 Å². The quantitative estimate of drug-likeness (QED) is 0.263. The van der Waals surface area contributed by atoms with Gasteiger partial charge in [-0.1, -0.05) is 0 Å². The van der Waals surface area contributed by atoms with Gasteiger partial charge in [0.1, 0.15) is 0 Å². The predicted octanol–water partition coefficient (Wildman–Crippen LogP) is -4.88. The second-order valence-corrected chi connectivity index (χ2v) is 2.72. The van der Waals surface area contributed by atoms with Crippen molar-refractivity contribution < 1.29 is 0 Å². The number of hydrogen-bond donors (Lipinski definition) is 6. The molecule has 2 heterocycles. The molecule has 0 aliphatic heterocycles. The van der Waals surface area contributed by atoms with Crippen LogP contribution in [0, 0.1) is 0 Å². The smallest absolute Gasteiger partial charge is 0.259 e. The van der Waals surface area contributed by atoms with Crippen LogP contribution < -0.4 is 34.1 Å². The summed E-state index contributed by atoms with van der Waals surface area (Å²) in [5, 5.41) is 0. The molecule has 0 amide bonds. The van der Waals surface area contributed by atoms with Crippen molar-refractivity contribution in [1.82, 2.24) is 29.9 Å². The van der Waals surface area contributed by atoms with Gasteiger partial charge in [0.2, 0.25) is 0 Å². The summed E-state index contributed by atoms with van der Waals surface area (Å²) in [6.07, 6.45) is 0. The van der Waals surface area contributed by atoms with Gasteiger partial charge in [-0.3, -0.25) is 29.9 Å². The van der Waals surface area contributed by atoms with E-state index in [1.807, 2.05) is 0 Å². The van der Waals surface area contributed by atoms with E-state index >= 15 is 0 Å². The van der Waals surface area contributed by atoms with Crippen molar-refractivity contribution in [3.05, 3.63) is 62.9 Å². The van der Waals surface area contributed by atoms with Gasteiger partial charge in [0.25, 0.3) is 0 Å². The molecule has 0 aliphatic carbocycles. The molecule has 0 atom stereocenters. The molecule has 0 fully saturated rings. The van der Waals surface area contributed by atoms with Crippen LogP contribution in [0.5, 0.6) is 0 Å². The minimum Gasteiger partial charge on any atom is -0.259 e.